The predicted octanol–water partition coefficient (Wildman–Crippen LogP) is 3.28. The summed E-state index contributed by atoms with van der Waals surface area (Å²) in [6.07, 6.45) is 6.49. The van der Waals surface area contributed by atoms with Crippen LogP contribution >= 0.6 is 0 Å². The average molecular weight is 525 g/mol. The van der Waals surface area contributed by atoms with Gasteiger partial charge in [0, 0.05) is 36.2 Å². The molecule has 1 aromatic carbocycles. The number of hydrazine groups is 1. The second kappa shape index (κ2) is 9.98. The second-order valence-electron chi connectivity index (χ2n) is 11.4. The van der Waals surface area contributed by atoms with E-state index < -0.39 is 17.2 Å². The van der Waals surface area contributed by atoms with E-state index in [9.17, 15) is 18.7 Å². The zero-order chi connectivity index (χ0) is 26.4. The maximum Gasteiger partial charge on any atom is 0.223 e. The Labute approximate surface area is 220 Å². The summed E-state index contributed by atoms with van der Waals surface area (Å²) in [6, 6.07) is 7.90. The third-order valence-corrected chi connectivity index (χ3v) is 8.68. The highest BCUT2D eigenvalue weighted by Gasteiger charge is 2.44. The van der Waals surface area contributed by atoms with Crippen molar-refractivity contribution >= 4 is 11.6 Å². The number of aromatic nitrogens is 3. The standard InChI is InChI=1S/C28H34F2N6O2/c1-16-31-25-10-8-18(15-36(25)35-16)26-20-12-17(7-9-24(20)33-34-26)27(37)32-19-4-3-11-28(38,13-19)14-21-22(29)5-2-6-23(21)30/h2,5-6,8,10,15,17,19-20,24,26,33-34,38H,3-4,7,9,11-14H2,1H3,(H,32,37)/t17?,19-,20?,24?,26?,28-/m1/s1. The summed E-state index contributed by atoms with van der Waals surface area (Å²) in [5.74, 6) is -0.449. The topological polar surface area (TPSA) is 104 Å². The first-order chi connectivity index (χ1) is 18.3. The molecule has 3 fully saturated rings. The molecule has 1 saturated heterocycles. The molecule has 10 heteroatoms. The first-order valence-electron chi connectivity index (χ1n) is 13.6. The molecule has 6 atom stereocenters. The van der Waals surface area contributed by atoms with E-state index >= 15 is 0 Å². The lowest BCUT2D eigenvalue weighted by Crippen LogP contribution is -2.49. The number of fused-ring (bicyclic) bond motifs is 2. The van der Waals surface area contributed by atoms with Gasteiger partial charge in [-0.1, -0.05) is 12.1 Å². The first kappa shape index (κ1) is 25.3. The molecule has 1 aliphatic heterocycles. The Morgan fingerprint density at radius 1 is 1.18 bits per heavy atom. The molecule has 2 aromatic heterocycles. The summed E-state index contributed by atoms with van der Waals surface area (Å²) in [5.41, 5.74) is 7.42. The van der Waals surface area contributed by atoms with Crippen molar-refractivity contribution in [1.29, 1.82) is 0 Å². The van der Waals surface area contributed by atoms with Crippen LogP contribution in [-0.4, -0.2) is 43.3 Å². The van der Waals surface area contributed by atoms with Gasteiger partial charge in [-0.05, 0) is 81.5 Å². The zero-order valence-corrected chi connectivity index (χ0v) is 21.5. The minimum atomic E-state index is -1.25. The van der Waals surface area contributed by atoms with Crippen molar-refractivity contribution < 1.29 is 18.7 Å². The molecule has 3 heterocycles. The highest BCUT2D eigenvalue weighted by atomic mass is 19.1. The SMILES string of the molecule is Cc1nc2ccc(C3NNC4CCC(C(=O)N[C@@H]5CCC[C@](O)(Cc6c(F)cccc6F)C5)CC43)cn2n1. The van der Waals surface area contributed by atoms with Gasteiger partial charge in [0.1, 0.15) is 17.5 Å². The van der Waals surface area contributed by atoms with Gasteiger partial charge in [0.15, 0.2) is 5.65 Å². The summed E-state index contributed by atoms with van der Waals surface area (Å²) < 4.78 is 30.2. The van der Waals surface area contributed by atoms with Crippen LogP contribution in [-0.2, 0) is 11.2 Å². The van der Waals surface area contributed by atoms with Gasteiger partial charge in [-0.15, -0.1) is 0 Å². The van der Waals surface area contributed by atoms with Crippen LogP contribution in [0, 0.1) is 30.4 Å². The number of nitrogens with zero attached hydrogens (tertiary/aromatic N) is 3. The van der Waals surface area contributed by atoms with Gasteiger partial charge in [-0.25, -0.2) is 23.7 Å². The van der Waals surface area contributed by atoms with E-state index in [2.05, 4.69) is 32.3 Å². The fraction of sp³-hybridized carbons (Fsp3) is 0.536. The van der Waals surface area contributed by atoms with E-state index in [1.807, 2.05) is 19.2 Å². The number of hydrogen-bond acceptors (Lipinski definition) is 6. The second-order valence-corrected chi connectivity index (χ2v) is 11.4. The molecule has 38 heavy (non-hydrogen) atoms. The quantitative estimate of drug-likeness (QED) is 0.409. The first-order valence-corrected chi connectivity index (χ1v) is 13.6. The molecule has 2 saturated carbocycles. The number of hydrogen-bond donors (Lipinski definition) is 4. The number of aryl methyl sites for hydroxylation is 1. The Balaban J connectivity index is 1.11. The monoisotopic (exact) mass is 524 g/mol. The van der Waals surface area contributed by atoms with Crippen molar-refractivity contribution in [2.24, 2.45) is 11.8 Å². The molecule has 0 bridgehead atoms. The van der Waals surface area contributed by atoms with Crippen LogP contribution in [0.1, 0.15) is 67.9 Å². The molecule has 1 amide bonds. The summed E-state index contributed by atoms with van der Waals surface area (Å²) in [4.78, 5) is 17.8. The van der Waals surface area contributed by atoms with E-state index in [1.165, 1.54) is 18.2 Å². The molecular weight excluding hydrogens is 490 g/mol. The van der Waals surface area contributed by atoms with Gasteiger partial charge in [-0.3, -0.25) is 10.2 Å². The van der Waals surface area contributed by atoms with E-state index in [0.717, 1.165) is 42.7 Å². The number of benzene rings is 1. The molecule has 3 aliphatic rings. The van der Waals surface area contributed by atoms with E-state index in [0.29, 0.717) is 12.8 Å². The van der Waals surface area contributed by atoms with Gasteiger partial charge in [-0.2, -0.15) is 5.10 Å². The molecule has 2 aliphatic carbocycles. The van der Waals surface area contributed by atoms with Gasteiger partial charge >= 0.3 is 0 Å². The maximum atomic E-state index is 14.2. The number of aliphatic hydroxyl groups is 1. The lowest BCUT2D eigenvalue weighted by Gasteiger charge is -2.39. The van der Waals surface area contributed by atoms with Gasteiger partial charge < -0.3 is 10.4 Å². The van der Waals surface area contributed by atoms with Crippen LogP contribution < -0.4 is 16.2 Å². The van der Waals surface area contributed by atoms with Crippen LogP contribution in [0.3, 0.4) is 0 Å². The molecule has 8 nitrogen and oxygen atoms in total. The number of nitrogens with one attached hydrogen (secondary N) is 3. The molecule has 4 N–H and O–H groups in total. The van der Waals surface area contributed by atoms with Gasteiger partial charge in [0.2, 0.25) is 5.91 Å². The highest BCUT2D eigenvalue weighted by molar-refractivity contribution is 5.79. The molecular formula is C28H34F2N6O2. The summed E-state index contributed by atoms with van der Waals surface area (Å²) in [7, 11) is 0. The Morgan fingerprint density at radius 2 is 2.00 bits per heavy atom. The number of halogens is 2. The van der Waals surface area contributed by atoms with Crippen LogP contribution in [0.5, 0.6) is 0 Å². The molecule has 202 valence electrons. The van der Waals surface area contributed by atoms with E-state index in [4.69, 9.17) is 0 Å². The maximum absolute atomic E-state index is 14.2. The highest BCUT2D eigenvalue weighted by Crippen LogP contribution is 2.41. The van der Waals surface area contributed by atoms with Crippen LogP contribution in [0.25, 0.3) is 5.65 Å². The average Bonchev–Trinajstić information content (AvgIpc) is 3.48. The van der Waals surface area contributed by atoms with Crippen molar-refractivity contribution in [1.82, 2.24) is 30.8 Å². The summed E-state index contributed by atoms with van der Waals surface area (Å²) >= 11 is 0. The van der Waals surface area contributed by atoms with Crippen molar-refractivity contribution in [2.45, 2.75) is 82.0 Å². The van der Waals surface area contributed by atoms with Crippen LogP contribution in [0.4, 0.5) is 8.78 Å². The van der Waals surface area contributed by atoms with Gasteiger partial charge in [0.05, 0.1) is 11.6 Å². The van der Waals surface area contributed by atoms with E-state index in [-0.39, 0.29) is 54.3 Å². The molecule has 0 spiro atoms. The van der Waals surface area contributed by atoms with Crippen molar-refractivity contribution in [3.05, 3.63) is 65.1 Å². The number of carbonyl (C=O) groups excluding carboxylic acids is 1. The zero-order valence-electron chi connectivity index (χ0n) is 21.5. The summed E-state index contributed by atoms with van der Waals surface area (Å²) in [5, 5.41) is 18.8. The fourth-order valence-corrected chi connectivity index (χ4v) is 6.79. The van der Waals surface area contributed by atoms with Crippen LogP contribution in [0.15, 0.2) is 36.5 Å². The van der Waals surface area contributed by atoms with Crippen molar-refractivity contribution in [3.63, 3.8) is 0 Å². The number of rotatable bonds is 5. The normalized spacial score (nSPS) is 31.3. The predicted molar refractivity (Wildman–Crippen MR) is 137 cm³/mol. The lowest BCUT2D eigenvalue weighted by molar-refractivity contribution is -0.128. The minimum Gasteiger partial charge on any atom is -0.389 e. The van der Waals surface area contributed by atoms with Gasteiger partial charge in [0.25, 0.3) is 0 Å². The molecule has 3 aromatic rings. The molecule has 0 radical (unpaired) electrons. The lowest BCUT2D eigenvalue weighted by atomic mass is 9.74. The van der Waals surface area contributed by atoms with Crippen molar-refractivity contribution in [2.75, 3.05) is 0 Å². The Kier molecular flexibility index (Phi) is 6.65. The fourth-order valence-electron chi connectivity index (χ4n) is 6.79. The molecule has 4 unspecified atom stereocenters. The smallest absolute Gasteiger partial charge is 0.223 e. The summed E-state index contributed by atoms with van der Waals surface area (Å²) in [6.45, 7) is 1.87. The third kappa shape index (κ3) is 4.92. The third-order valence-electron chi connectivity index (χ3n) is 8.68. The van der Waals surface area contributed by atoms with Crippen LogP contribution in [0.2, 0.25) is 0 Å². The Morgan fingerprint density at radius 3 is 2.82 bits per heavy atom. The Hall–Kier alpha value is -2.95. The number of carbonyl (C=O) groups is 1. The minimum absolute atomic E-state index is 0.00257. The van der Waals surface area contributed by atoms with E-state index in [1.54, 1.807) is 4.52 Å². The largest absolute Gasteiger partial charge is 0.389 e. The number of pyridine rings is 1. The Bertz CT molecular complexity index is 1330. The molecule has 6 rings (SSSR count). The van der Waals surface area contributed by atoms with Crippen molar-refractivity contribution in [3.8, 4) is 0 Å². The number of amides is 1.